The summed E-state index contributed by atoms with van der Waals surface area (Å²) < 4.78 is 15.5. The summed E-state index contributed by atoms with van der Waals surface area (Å²) in [6.07, 6.45) is 2.43. The minimum Gasteiger partial charge on any atom is -0.341 e. The molecule has 1 aliphatic heterocycles. The van der Waals surface area contributed by atoms with Gasteiger partial charge in [-0.25, -0.2) is 9.37 Å². The van der Waals surface area contributed by atoms with Crippen LogP contribution in [0.5, 0.6) is 0 Å². The molecule has 7 nitrogen and oxygen atoms in total. The first kappa shape index (κ1) is 22.4. The molecule has 2 N–H and O–H groups in total. The van der Waals surface area contributed by atoms with E-state index in [2.05, 4.69) is 22.1 Å². The Morgan fingerprint density at radius 3 is 2.78 bits per heavy atom. The summed E-state index contributed by atoms with van der Waals surface area (Å²) >= 11 is 0. The number of carbonyl (C=O) groups is 1. The van der Waals surface area contributed by atoms with Crippen molar-refractivity contribution in [1.82, 2.24) is 19.4 Å². The van der Waals surface area contributed by atoms with Gasteiger partial charge < -0.3 is 14.9 Å². The van der Waals surface area contributed by atoms with Gasteiger partial charge in [-0.1, -0.05) is 0 Å². The van der Waals surface area contributed by atoms with Crippen LogP contribution in [0, 0.1) is 5.82 Å². The van der Waals surface area contributed by atoms with Gasteiger partial charge in [0.1, 0.15) is 11.6 Å². The Hall–Kier alpha value is -4.04. The zero-order valence-corrected chi connectivity index (χ0v) is 20.1. The summed E-state index contributed by atoms with van der Waals surface area (Å²) in [5.74, 6) is 0.195. The van der Waals surface area contributed by atoms with Gasteiger partial charge in [-0.3, -0.25) is 14.5 Å². The third kappa shape index (κ3) is 3.83. The second-order valence-corrected chi connectivity index (χ2v) is 9.62. The highest BCUT2D eigenvalue weighted by Crippen LogP contribution is 2.26. The molecule has 6 rings (SSSR count). The van der Waals surface area contributed by atoms with Crippen molar-refractivity contribution in [2.75, 3.05) is 11.9 Å². The molecule has 36 heavy (non-hydrogen) atoms. The molecule has 2 aromatic heterocycles. The van der Waals surface area contributed by atoms with Crippen molar-refractivity contribution in [3.63, 3.8) is 0 Å². The number of aromatic nitrogens is 3. The van der Waals surface area contributed by atoms with Crippen molar-refractivity contribution in [3.8, 4) is 0 Å². The van der Waals surface area contributed by atoms with E-state index in [4.69, 9.17) is 4.98 Å². The lowest BCUT2D eigenvalue weighted by atomic mass is 10.0. The maximum Gasteiger partial charge on any atom is 0.258 e. The number of H-pyrrole nitrogens is 1. The van der Waals surface area contributed by atoms with Gasteiger partial charge in [0.25, 0.3) is 11.5 Å². The zero-order chi connectivity index (χ0) is 25.0. The molecule has 182 valence electrons. The van der Waals surface area contributed by atoms with E-state index in [0.717, 1.165) is 29.9 Å². The number of hydrogen-bond acceptors (Lipinski definition) is 4. The van der Waals surface area contributed by atoms with Crippen molar-refractivity contribution in [2.24, 2.45) is 7.05 Å². The van der Waals surface area contributed by atoms with E-state index >= 15 is 0 Å². The summed E-state index contributed by atoms with van der Waals surface area (Å²) in [5.41, 5.74) is 3.21. The molecule has 0 bridgehead atoms. The first-order chi connectivity index (χ1) is 17.4. The second kappa shape index (κ2) is 8.57. The minimum atomic E-state index is -0.432. The average molecular weight is 484 g/mol. The predicted molar refractivity (Wildman–Crippen MR) is 140 cm³/mol. The maximum atomic E-state index is 14.0. The van der Waals surface area contributed by atoms with E-state index in [1.807, 2.05) is 18.2 Å². The Morgan fingerprint density at radius 2 is 1.97 bits per heavy atom. The number of anilines is 1. The van der Waals surface area contributed by atoms with E-state index in [9.17, 15) is 14.0 Å². The molecule has 0 saturated carbocycles. The van der Waals surface area contributed by atoms with Crippen LogP contribution in [-0.4, -0.2) is 37.9 Å². The third-order valence-corrected chi connectivity index (χ3v) is 7.26. The van der Waals surface area contributed by atoms with E-state index < -0.39 is 5.82 Å². The molecule has 0 unspecified atom stereocenters. The summed E-state index contributed by atoms with van der Waals surface area (Å²) in [4.78, 5) is 36.3. The first-order valence-corrected chi connectivity index (χ1v) is 12.1. The first-order valence-electron chi connectivity index (χ1n) is 12.1. The number of fused-ring (bicyclic) bond motifs is 4. The lowest BCUT2D eigenvalue weighted by molar-refractivity contribution is 0.102. The van der Waals surface area contributed by atoms with Crippen molar-refractivity contribution in [2.45, 2.75) is 32.4 Å². The fourth-order valence-corrected chi connectivity index (χ4v) is 5.24. The number of likely N-dealkylation sites (tertiary alicyclic amines) is 1. The van der Waals surface area contributed by atoms with Crippen LogP contribution < -0.4 is 10.9 Å². The molecule has 1 aliphatic rings. The third-order valence-electron chi connectivity index (χ3n) is 7.26. The topological polar surface area (TPSA) is 83.0 Å². The molecule has 8 heteroatoms. The summed E-state index contributed by atoms with van der Waals surface area (Å²) in [6.45, 7) is 4.11. The van der Waals surface area contributed by atoms with Crippen LogP contribution >= 0.6 is 0 Å². The van der Waals surface area contributed by atoms with Crippen molar-refractivity contribution in [1.29, 1.82) is 0 Å². The summed E-state index contributed by atoms with van der Waals surface area (Å²) in [6, 6.07) is 15.4. The zero-order valence-electron chi connectivity index (χ0n) is 20.1. The van der Waals surface area contributed by atoms with Gasteiger partial charge in [0.05, 0.1) is 23.1 Å². The molecule has 1 atom stereocenters. The van der Waals surface area contributed by atoms with E-state index in [1.54, 1.807) is 25.2 Å². The van der Waals surface area contributed by atoms with Gasteiger partial charge in [0.2, 0.25) is 0 Å². The minimum absolute atomic E-state index is 0.207. The highest BCUT2D eigenvalue weighted by Gasteiger charge is 2.21. The number of amides is 1. The van der Waals surface area contributed by atoms with Crippen molar-refractivity contribution in [3.05, 3.63) is 82.2 Å². The number of hydrogen-bond donors (Lipinski definition) is 2. The highest BCUT2D eigenvalue weighted by molar-refractivity contribution is 6.11. The van der Waals surface area contributed by atoms with Crippen LogP contribution in [0.15, 0.2) is 59.4 Å². The fraction of sp³-hybridized carbons (Fsp3) is 0.250. The van der Waals surface area contributed by atoms with Crippen LogP contribution in [-0.2, 0) is 13.6 Å². The van der Waals surface area contributed by atoms with Crippen LogP contribution in [0.4, 0.5) is 10.1 Å². The van der Waals surface area contributed by atoms with E-state index in [0.29, 0.717) is 39.0 Å². The molecule has 5 aromatic rings. The van der Waals surface area contributed by atoms with Crippen molar-refractivity contribution >= 4 is 44.3 Å². The molecular weight excluding hydrogens is 457 g/mol. The van der Waals surface area contributed by atoms with E-state index in [1.165, 1.54) is 35.6 Å². The number of pyridine rings is 1. The molecule has 1 amide bonds. The Kier molecular flexibility index (Phi) is 5.34. The molecule has 3 aromatic carbocycles. The molecule has 3 heterocycles. The number of rotatable bonds is 4. The van der Waals surface area contributed by atoms with Crippen LogP contribution in [0.2, 0.25) is 0 Å². The lowest BCUT2D eigenvalue weighted by Crippen LogP contribution is -2.26. The monoisotopic (exact) mass is 483 g/mol. The van der Waals surface area contributed by atoms with Crippen LogP contribution in [0.3, 0.4) is 0 Å². The molecule has 1 saturated heterocycles. The van der Waals surface area contributed by atoms with Gasteiger partial charge in [-0.15, -0.1) is 0 Å². The molecular formula is C28H26FN5O2. The highest BCUT2D eigenvalue weighted by atomic mass is 19.1. The second-order valence-electron chi connectivity index (χ2n) is 9.62. The SMILES string of the molecule is C[C@H]1CCCN1Cc1nc2ccc(NC(=O)c3ccc4c(c3)c3cc(F)ccc3c(=O)n4C)cc2[nH]1. The van der Waals surface area contributed by atoms with Gasteiger partial charge in [0.15, 0.2) is 0 Å². The van der Waals surface area contributed by atoms with E-state index in [-0.39, 0.29) is 11.5 Å². The molecule has 1 fully saturated rings. The van der Waals surface area contributed by atoms with Crippen molar-refractivity contribution < 1.29 is 9.18 Å². The van der Waals surface area contributed by atoms with Crippen LogP contribution in [0.25, 0.3) is 32.7 Å². The number of imidazole rings is 1. The number of aryl methyl sites for hydroxylation is 1. The van der Waals surface area contributed by atoms with Gasteiger partial charge in [-0.05, 0) is 86.3 Å². The molecule has 0 aliphatic carbocycles. The van der Waals surface area contributed by atoms with Gasteiger partial charge in [0, 0.05) is 35.1 Å². The fourth-order valence-electron chi connectivity index (χ4n) is 5.24. The molecule has 0 radical (unpaired) electrons. The number of nitrogens with zero attached hydrogens (tertiary/aromatic N) is 3. The predicted octanol–water partition coefficient (Wildman–Crippen LogP) is 4.94. The maximum absolute atomic E-state index is 14.0. The largest absolute Gasteiger partial charge is 0.341 e. The number of halogens is 1. The average Bonchev–Trinajstić information content (AvgIpc) is 3.47. The smallest absolute Gasteiger partial charge is 0.258 e. The lowest BCUT2D eigenvalue weighted by Gasteiger charge is -2.19. The Morgan fingerprint density at radius 1 is 1.11 bits per heavy atom. The standard InChI is InChI=1S/C28H26FN5O2/c1-16-4-3-11-34(16)15-26-31-23-9-7-19(14-24(23)32-26)30-27(35)17-5-10-25-22(12-17)21-13-18(29)6-8-20(21)28(36)33(25)2/h5-10,12-14,16H,3-4,11,15H2,1-2H3,(H,30,35)(H,31,32)/t16-/m0/s1. The normalized spacial score (nSPS) is 16.4. The number of nitrogens with one attached hydrogen (secondary N) is 2. The Labute approximate surface area is 206 Å². The number of carbonyl (C=O) groups excluding carboxylic acids is 1. The number of benzene rings is 3. The Balaban J connectivity index is 1.30. The molecule has 0 spiro atoms. The summed E-state index contributed by atoms with van der Waals surface area (Å²) in [7, 11) is 1.67. The number of aromatic amines is 1. The quantitative estimate of drug-likeness (QED) is 0.355. The Bertz CT molecular complexity index is 1720. The van der Waals surface area contributed by atoms with Gasteiger partial charge >= 0.3 is 0 Å². The van der Waals surface area contributed by atoms with Crippen LogP contribution in [0.1, 0.15) is 35.9 Å². The van der Waals surface area contributed by atoms with Gasteiger partial charge in [-0.2, -0.15) is 0 Å². The summed E-state index contributed by atoms with van der Waals surface area (Å²) in [5, 5.41) is 4.49.